The number of sulfonamides is 1. The second-order valence-electron chi connectivity index (χ2n) is 5.64. The van der Waals surface area contributed by atoms with Crippen LogP contribution >= 0.6 is 22.7 Å². The van der Waals surface area contributed by atoms with Gasteiger partial charge < -0.3 is 9.26 Å². The molecular weight excluding hydrogens is 418 g/mol. The Labute approximate surface area is 169 Å². The molecule has 0 atom stereocenters. The molecular formula is C18H15N3O4S3. The van der Waals surface area contributed by atoms with Crippen molar-refractivity contribution in [1.82, 2.24) is 10.1 Å². The lowest BCUT2D eigenvalue weighted by atomic mass is 10.3. The molecule has 4 aromatic rings. The van der Waals surface area contributed by atoms with E-state index in [1.165, 1.54) is 22.8 Å². The monoisotopic (exact) mass is 433 g/mol. The van der Waals surface area contributed by atoms with Gasteiger partial charge in [-0.25, -0.2) is 8.42 Å². The third kappa shape index (κ3) is 3.53. The number of thiophene rings is 2. The minimum atomic E-state index is -3.84. The first kappa shape index (κ1) is 18.7. The zero-order valence-electron chi connectivity index (χ0n) is 14.7. The summed E-state index contributed by atoms with van der Waals surface area (Å²) in [4.78, 5) is 4.35. The van der Waals surface area contributed by atoms with E-state index in [1.54, 1.807) is 41.8 Å². The maximum absolute atomic E-state index is 13.3. The molecule has 0 N–H and O–H groups in total. The molecule has 10 heteroatoms. The Kier molecular flexibility index (Phi) is 5.16. The molecule has 1 aromatic carbocycles. The van der Waals surface area contributed by atoms with Crippen LogP contribution in [0.5, 0.6) is 5.75 Å². The van der Waals surface area contributed by atoms with Gasteiger partial charge >= 0.3 is 0 Å². The minimum absolute atomic E-state index is 0.113. The number of ether oxygens (including phenoxy) is 1. The van der Waals surface area contributed by atoms with Gasteiger partial charge in [-0.05, 0) is 35.0 Å². The maximum Gasteiger partial charge on any atom is 0.274 e. The lowest BCUT2D eigenvalue weighted by Crippen LogP contribution is -2.30. The summed E-state index contributed by atoms with van der Waals surface area (Å²) in [5.74, 6) is 1.04. The Bertz CT molecular complexity index is 1150. The second kappa shape index (κ2) is 7.74. The van der Waals surface area contributed by atoms with Crippen molar-refractivity contribution in [2.24, 2.45) is 0 Å². The van der Waals surface area contributed by atoms with Crippen molar-refractivity contribution in [3.8, 4) is 17.1 Å². The predicted molar refractivity (Wildman–Crippen MR) is 108 cm³/mol. The summed E-state index contributed by atoms with van der Waals surface area (Å²) in [7, 11) is -2.34. The van der Waals surface area contributed by atoms with E-state index in [0.29, 0.717) is 17.3 Å². The maximum atomic E-state index is 13.3. The Morgan fingerprint density at radius 2 is 2.00 bits per heavy atom. The summed E-state index contributed by atoms with van der Waals surface area (Å²) < 4.78 is 38.7. The largest absolute Gasteiger partial charge is 0.495 e. The quantitative estimate of drug-likeness (QED) is 0.433. The molecule has 3 heterocycles. The van der Waals surface area contributed by atoms with E-state index in [1.807, 2.05) is 16.8 Å². The van der Waals surface area contributed by atoms with Gasteiger partial charge in [-0.15, -0.1) is 11.3 Å². The Balaban J connectivity index is 1.76. The minimum Gasteiger partial charge on any atom is -0.495 e. The van der Waals surface area contributed by atoms with E-state index < -0.39 is 10.0 Å². The van der Waals surface area contributed by atoms with Crippen LogP contribution < -0.4 is 9.04 Å². The molecule has 0 aliphatic heterocycles. The van der Waals surface area contributed by atoms with Crippen LogP contribution in [0.4, 0.5) is 5.69 Å². The van der Waals surface area contributed by atoms with E-state index >= 15 is 0 Å². The van der Waals surface area contributed by atoms with Gasteiger partial charge in [0.2, 0.25) is 11.7 Å². The number of aromatic nitrogens is 2. The van der Waals surface area contributed by atoms with Crippen molar-refractivity contribution in [3.05, 3.63) is 64.5 Å². The van der Waals surface area contributed by atoms with Crippen molar-refractivity contribution >= 4 is 38.4 Å². The van der Waals surface area contributed by atoms with Gasteiger partial charge in [0.25, 0.3) is 10.0 Å². The highest BCUT2D eigenvalue weighted by Gasteiger charge is 2.30. The zero-order chi connectivity index (χ0) is 19.6. The summed E-state index contributed by atoms with van der Waals surface area (Å²) in [6, 6.07) is 12.0. The van der Waals surface area contributed by atoms with Crippen molar-refractivity contribution in [2.75, 3.05) is 11.4 Å². The molecule has 7 nitrogen and oxygen atoms in total. The zero-order valence-corrected chi connectivity index (χ0v) is 17.1. The van der Waals surface area contributed by atoms with E-state index in [0.717, 1.165) is 16.9 Å². The van der Waals surface area contributed by atoms with E-state index in [9.17, 15) is 8.42 Å². The molecule has 28 heavy (non-hydrogen) atoms. The highest BCUT2D eigenvalue weighted by Crippen LogP contribution is 2.34. The molecule has 0 unspecified atom stereocenters. The third-order valence-electron chi connectivity index (χ3n) is 3.92. The molecule has 0 fully saturated rings. The molecule has 0 bridgehead atoms. The van der Waals surface area contributed by atoms with Crippen molar-refractivity contribution < 1.29 is 17.7 Å². The van der Waals surface area contributed by atoms with Crippen LogP contribution in [0.3, 0.4) is 0 Å². The fraction of sp³-hybridized carbons (Fsp3) is 0.111. The number of rotatable bonds is 7. The summed E-state index contributed by atoms with van der Waals surface area (Å²) in [5, 5.41) is 9.49. The molecule has 0 saturated carbocycles. The van der Waals surface area contributed by atoms with Gasteiger partial charge in [0.15, 0.2) is 0 Å². The predicted octanol–water partition coefficient (Wildman–Crippen LogP) is 4.26. The van der Waals surface area contributed by atoms with Gasteiger partial charge in [0.1, 0.15) is 16.5 Å². The summed E-state index contributed by atoms with van der Waals surface area (Å²) in [6.07, 6.45) is 0. The summed E-state index contributed by atoms with van der Waals surface area (Å²) in [6.45, 7) is -0.113. The number of anilines is 1. The fourth-order valence-corrected chi connectivity index (χ4v) is 5.77. The molecule has 0 aliphatic carbocycles. The molecule has 0 amide bonds. The highest BCUT2D eigenvalue weighted by molar-refractivity contribution is 7.94. The topological polar surface area (TPSA) is 85.5 Å². The van der Waals surface area contributed by atoms with Gasteiger partial charge in [0.05, 0.1) is 12.8 Å². The third-order valence-corrected chi connectivity index (χ3v) is 7.74. The van der Waals surface area contributed by atoms with Crippen molar-refractivity contribution in [1.29, 1.82) is 0 Å². The van der Waals surface area contributed by atoms with E-state index in [-0.39, 0.29) is 16.6 Å². The number of methoxy groups -OCH3 is 1. The van der Waals surface area contributed by atoms with Gasteiger partial charge in [-0.2, -0.15) is 16.3 Å². The molecule has 0 aliphatic rings. The smallest absolute Gasteiger partial charge is 0.274 e. The van der Waals surface area contributed by atoms with Gasteiger partial charge in [0, 0.05) is 10.9 Å². The lowest BCUT2D eigenvalue weighted by Gasteiger charge is -2.23. The van der Waals surface area contributed by atoms with Crippen LogP contribution in [0.1, 0.15) is 5.89 Å². The molecule has 3 aromatic heterocycles. The highest BCUT2D eigenvalue weighted by atomic mass is 32.2. The Morgan fingerprint density at radius 3 is 2.71 bits per heavy atom. The van der Waals surface area contributed by atoms with Crippen molar-refractivity contribution in [2.45, 2.75) is 10.8 Å². The lowest BCUT2D eigenvalue weighted by molar-refractivity contribution is 0.379. The van der Waals surface area contributed by atoms with Crippen molar-refractivity contribution in [3.63, 3.8) is 0 Å². The van der Waals surface area contributed by atoms with Crippen LogP contribution in [0.15, 0.2) is 67.3 Å². The summed E-state index contributed by atoms with van der Waals surface area (Å²) in [5.41, 5.74) is 1.22. The first-order valence-electron chi connectivity index (χ1n) is 8.14. The van der Waals surface area contributed by atoms with Crippen LogP contribution in [0.2, 0.25) is 0 Å². The second-order valence-corrected chi connectivity index (χ2v) is 9.46. The van der Waals surface area contributed by atoms with Gasteiger partial charge in [-0.1, -0.05) is 23.4 Å². The molecule has 0 saturated heterocycles. The Morgan fingerprint density at radius 1 is 1.14 bits per heavy atom. The molecule has 0 radical (unpaired) electrons. The molecule has 4 rings (SSSR count). The average molecular weight is 434 g/mol. The molecule has 144 valence electrons. The first-order valence-corrected chi connectivity index (χ1v) is 11.4. The standard InChI is InChI=1S/C18H15N3O4S3/c1-24-15-6-3-2-5-14(15)21(28(22,23)17-7-4-9-27-17)11-16-19-18(20-25-16)13-8-10-26-12-13/h2-10,12H,11H2,1H3. The number of para-hydroxylation sites is 2. The van der Waals surface area contributed by atoms with Crippen LogP contribution in [-0.2, 0) is 16.6 Å². The number of hydrogen-bond donors (Lipinski definition) is 0. The summed E-state index contributed by atoms with van der Waals surface area (Å²) >= 11 is 2.66. The first-order chi connectivity index (χ1) is 13.6. The average Bonchev–Trinajstić information content (AvgIpc) is 3.48. The van der Waals surface area contributed by atoms with E-state index in [2.05, 4.69) is 10.1 Å². The number of nitrogens with zero attached hydrogens (tertiary/aromatic N) is 3. The van der Waals surface area contributed by atoms with Crippen LogP contribution in [-0.4, -0.2) is 25.7 Å². The SMILES string of the molecule is COc1ccccc1N(Cc1nc(-c2ccsc2)no1)S(=O)(=O)c1cccs1. The van der Waals surface area contributed by atoms with Crippen LogP contribution in [0, 0.1) is 0 Å². The van der Waals surface area contributed by atoms with E-state index in [4.69, 9.17) is 9.26 Å². The number of benzene rings is 1. The van der Waals surface area contributed by atoms with Crippen LogP contribution in [0.25, 0.3) is 11.4 Å². The normalized spacial score (nSPS) is 11.5. The fourth-order valence-electron chi connectivity index (χ4n) is 2.61. The number of hydrogen-bond acceptors (Lipinski definition) is 8. The molecule has 0 spiro atoms. The Hall–Kier alpha value is -2.69. The van der Waals surface area contributed by atoms with Gasteiger partial charge in [-0.3, -0.25) is 4.31 Å².